The third kappa shape index (κ3) is 2.70. The fourth-order valence-corrected chi connectivity index (χ4v) is 1.88. The third-order valence-corrected chi connectivity index (χ3v) is 2.92. The Morgan fingerprint density at radius 3 is 2.87 bits per heavy atom. The average Bonchev–Trinajstić information content (AvgIpc) is 2.73. The van der Waals surface area contributed by atoms with E-state index >= 15 is 0 Å². The van der Waals surface area contributed by atoms with Gasteiger partial charge in [-0.3, -0.25) is 0 Å². The van der Waals surface area contributed by atoms with Crippen LogP contribution in [-0.4, -0.2) is 0 Å². The van der Waals surface area contributed by atoms with Gasteiger partial charge in [-0.15, -0.1) is 0 Å². The van der Waals surface area contributed by atoms with Crippen molar-refractivity contribution in [1.82, 2.24) is 0 Å². The van der Waals surface area contributed by atoms with Crippen LogP contribution in [0.4, 0.5) is 4.39 Å². The minimum absolute atomic E-state index is 0.109. The molecule has 0 aliphatic heterocycles. The van der Waals surface area contributed by atoms with Crippen molar-refractivity contribution in [3.8, 4) is 5.75 Å². The Labute approximate surface area is 96.1 Å². The number of hydrogen-bond donors (Lipinski definition) is 0. The minimum Gasteiger partial charge on any atom is -0.489 e. The van der Waals surface area contributed by atoms with Crippen LogP contribution in [-0.2, 0) is 6.61 Å². The molecule has 0 radical (unpaired) electrons. The lowest BCUT2D eigenvalue weighted by Gasteiger charge is -2.05. The second-order valence-corrected chi connectivity index (χ2v) is 4.18. The summed E-state index contributed by atoms with van der Waals surface area (Å²) in [6.45, 7) is 0.449. The summed E-state index contributed by atoms with van der Waals surface area (Å²) in [7, 11) is 0. The van der Waals surface area contributed by atoms with Crippen molar-refractivity contribution in [3.05, 3.63) is 51.4 Å². The van der Waals surface area contributed by atoms with Gasteiger partial charge < -0.3 is 4.74 Å². The van der Waals surface area contributed by atoms with E-state index in [9.17, 15) is 4.39 Å². The fraction of sp³-hybridized carbons (Fsp3) is 0.0909. The standard InChI is InChI=1S/C11H8ClFOS/c12-10-2-1-9(5-11(10)13)14-6-8-3-4-15-7-8/h1-5,7H,6H2. The van der Waals surface area contributed by atoms with Crippen molar-refractivity contribution < 1.29 is 9.13 Å². The lowest BCUT2D eigenvalue weighted by molar-refractivity contribution is 0.305. The lowest BCUT2D eigenvalue weighted by Crippen LogP contribution is -1.93. The van der Waals surface area contributed by atoms with Gasteiger partial charge in [0.05, 0.1) is 5.02 Å². The van der Waals surface area contributed by atoms with Gasteiger partial charge in [-0.1, -0.05) is 11.6 Å². The lowest BCUT2D eigenvalue weighted by atomic mass is 10.3. The molecule has 0 amide bonds. The molecule has 1 aromatic carbocycles. The number of ether oxygens (including phenoxy) is 1. The van der Waals surface area contributed by atoms with E-state index in [-0.39, 0.29) is 5.02 Å². The smallest absolute Gasteiger partial charge is 0.145 e. The summed E-state index contributed by atoms with van der Waals surface area (Å²) in [5.74, 6) is 0.0302. The SMILES string of the molecule is Fc1cc(OCc2ccsc2)ccc1Cl. The number of rotatable bonds is 3. The topological polar surface area (TPSA) is 9.23 Å². The maximum absolute atomic E-state index is 13.0. The Kier molecular flexibility index (Phi) is 3.23. The first kappa shape index (κ1) is 10.5. The molecule has 0 aliphatic rings. The van der Waals surface area contributed by atoms with Gasteiger partial charge >= 0.3 is 0 Å². The highest BCUT2D eigenvalue weighted by molar-refractivity contribution is 7.07. The van der Waals surface area contributed by atoms with Crippen molar-refractivity contribution in [1.29, 1.82) is 0 Å². The predicted octanol–water partition coefficient (Wildman–Crippen LogP) is 4.12. The highest BCUT2D eigenvalue weighted by atomic mass is 35.5. The van der Waals surface area contributed by atoms with Crippen LogP contribution in [0.2, 0.25) is 5.02 Å². The van der Waals surface area contributed by atoms with E-state index in [0.717, 1.165) is 5.56 Å². The Balaban J connectivity index is 2.02. The van der Waals surface area contributed by atoms with E-state index in [1.165, 1.54) is 12.1 Å². The molecular weight excluding hydrogens is 235 g/mol. The van der Waals surface area contributed by atoms with Crippen LogP contribution in [0.3, 0.4) is 0 Å². The Morgan fingerprint density at radius 2 is 2.20 bits per heavy atom. The van der Waals surface area contributed by atoms with Gasteiger partial charge in [-0.05, 0) is 34.5 Å². The first-order chi connectivity index (χ1) is 7.25. The molecule has 4 heteroatoms. The highest BCUT2D eigenvalue weighted by Gasteiger charge is 2.02. The largest absolute Gasteiger partial charge is 0.489 e. The molecule has 0 atom stereocenters. The van der Waals surface area contributed by atoms with Gasteiger partial charge in [0.15, 0.2) is 0 Å². The first-order valence-electron chi connectivity index (χ1n) is 4.34. The molecule has 1 aromatic heterocycles. The summed E-state index contributed by atoms with van der Waals surface area (Å²) in [6, 6.07) is 6.39. The zero-order valence-corrected chi connectivity index (χ0v) is 9.32. The molecule has 0 saturated carbocycles. The van der Waals surface area contributed by atoms with Gasteiger partial charge in [0, 0.05) is 6.07 Å². The van der Waals surface area contributed by atoms with Crippen LogP contribution in [0.5, 0.6) is 5.75 Å². The van der Waals surface area contributed by atoms with Crippen LogP contribution < -0.4 is 4.74 Å². The zero-order valence-electron chi connectivity index (χ0n) is 7.74. The summed E-state index contributed by atoms with van der Waals surface area (Å²) in [5, 5.41) is 4.07. The minimum atomic E-state index is -0.459. The van der Waals surface area contributed by atoms with Crippen molar-refractivity contribution in [2.45, 2.75) is 6.61 Å². The number of halogens is 2. The van der Waals surface area contributed by atoms with Crippen LogP contribution in [0.1, 0.15) is 5.56 Å². The van der Waals surface area contributed by atoms with Crippen molar-refractivity contribution in [2.75, 3.05) is 0 Å². The molecule has 0 unspecified atom stereocenters. The van der Waals surface area contributed by atoms with Gasteiger partial charge in [-0.25, -0.2) is 4.39 Å². The van der Waals surface area contributed by atoms with Crippen molar-refractivity contribution >= 4 is 22.9 Å². The molecule has 0 spiro atoms. The molecule has 2 rings (SSSR count). The van der Waals surface area contributed by atoms with Gasteiger partial charge in [0.1, 0.15) is 18.2 Å². The molecule has 0 bridgehead atoms. The summed E-state index contributed by atoms with van der Waals surface area (Å²) >= 11 is 7.16. The molecule has 78 valence electrons. The van der Waals surface area contributed by atoms with Crippen LogP contribution in [0, 0.1) is 5.82 Å². The molecule has 1 nitrogen and oxygen atoms in total. The van der Waals surface area contributed by atoms with E-state index in [1.54, 1.807) is 17.4 Å². The highest BCUT2D eigenvalue weighted by Crippen LogP contribution is 2.21. The monoisotopic (exact) mass is 242 g/mol. The summed E-state index contributed by atoms with van der Waals surface area (Å²) in [4.78, 5) is 0. The van der Waals surface area contributed by atoms with Crippen LogP contribution >= 0.6 is 22.9 Å². The maximum Gasteiger partial charge on any atom is 0.145 e. The van der Waals surface area contributed by atoms with E-state index in [1.807, 2.05) is 16.8 Å². The molecule has 0 N–H and O–H groups in total. The van der Waals surface area contributed by atoms with E-state index in [2.05, 4.69) is 0 Å². The quantitative estimate of drug-likeness (QED) is 0.787. The van der Waals surface area contributed by atoms with E-state index in [0.29, 0.717) is 12.4 Å². The zero-order chi connectivity index (χ0) is 10.7. The van der Waals surface area contributed by atoms with Crippen LogP contribution in [0.25, 0.3) is 0 Å². The average molecular weight is 243 g/mol. The molecule has 0 fully saturated rings. The Bertz CT molecular complexity index is 442. The summed E-state index contributed by atoms with van der Waals surface area (Å²) < 4.78 is 18.4. The predicted molar refractivity (Wildman–Crippen MR) is 60.1 cm³/mol. The Hall–Kier alpha value is -1.06. The molecule has 0 aliphatic carbocycles. The second kappa shape index (κ2) is 4.64. The first-order valence-corrected chi connectivity index (χ1v) is 5.67. The summed E-state index contributed by atoms with van der Waals surface area (Å²) in [5.41, 5.74) is 1.08. The molecule has 0 saturated heterocycles. The normalized spacial score (nSPS) is 10.3. The molecule has 2 aromatic rings. The van der Waals surface area contributed by atoms with E-state index in [4.69, 9.17) is 16.3 Å². The van der Waals surface area contributed by atoms with Crippen LogP contribution in [0.15, 0.2) is 35.0 Å². The van der Waals surface area contributed by atoms with Gasteiger partial charge in [0.2, 0.25) is 0 Å². The van der Waals surface area contributed by atoms with Gasteiger partial charge in [-0.2, -0.15) is 11.3 Å². The third-order valence-electron chi connectivity index (χ3n) is 1.88. The number of thiophene rings is 1. The van der Waals surface area contributed by atoms with Crippen molar-refractivity contribution in [2.24, 2.45) is 0 Å². The maximum atomic E-state index is 13.0. The number of hydrogen-bond acceptors (Lipinski definition) is 2. The fourth-order valence-electron chi connectivity index (χ4n) is 1.11. The van der Waals surface area contributed by atoms with Gasteiger partial charge in [0.25, 0.3) is 0 Å². The second-order valence-electron chi connectivity index (χ2n) is 3.00. The number of benzene rings is 1. The molecule has 15 heavy (non-hydrogen) atoms. The van der Waals surface area contributed by atoms with E-state index < -0.39 is 5.82 Å². The summed E-state index contributed by atoms with van der Waals surface area (Å²) in [6.07, 6.45) is 0. The molecule has 1 heterocycles. The Morgan fingerprint density at radius 1 is 1.33 bits per heavy atom. The van der Waals surface area contributed by atoms with Crippen molar-refractivity contribution in [3.63, 3.8) is 0 Å². The molecular formula is C11H8ClFOS.